The third-order valence-electron chi connectivity index (χ3n) is 3.23. The van der Waals surface area contributed by atoms with E-state index >= 15 is 0 Å². The third kappa shape index (κ3) is 3.99. The van der Waals surface area contributed by atoms with Crippen molar-refractivity contribution in [1.82, 2.24) is 14.9 Å². The maximum Gasteiger partial charge on any atom is 0.240 e. The fourth-order valence-electron chi connectivity index (χ4n) is 2.29. The molecule has 6 nitrogen and oxygen atoms in total. The first-order chi connectivity index (χ1) is 10.3. The van der Waals surface area contributed by atoms with Crippen molar-refractivity contribution >= 4 is 22.4 Å². The van der Waals surface area contributed by atoms with Gasteiger partial charge >= 0.3 is 0 Å². The molecule has 1 amide bonds. The molecule has 2 aromatic heterocycles. The quantitative estimate of drug-likeness (QED) is 0.909. The number of nitrogens with one attached hydrogen (secondary N) is 1. The summed E-state index contributed by atoms with van der Waals surface area (Å²) in [5.41, 5.74) is 0. The van der Waals surface area contributed by atoms with E-state index < -0.39 is 0 Å². The van der Waals surface area contributed by atoms with Crippen molar-refractivity contribution in [2.45, 2.75) is 12.5 Å². The molecule has 1 atom stereocenters. The van der Waals surface area contributed by atoms with Crippen LogP contribution >= 0.6 is 11.3 Å². The number of hydrogen-bond acceptors (Lipinski definition) is 6. The number of aromatic nitrogens is 2. The van der Waals surface area contributed by atoms with Crippen molar-refractivity contribution in [3.8, 4) is 5.75 Å². The van der Waals surface area contributed by atoms with Crippen LogP contribution in [0, 0.1) is 0 Å². The molecule has 110 valence electrons. The minimum Gasteiger partial charge on any atom is -0.489 e. The number of rotatable bonds is 5. The predicted molar refractivity (Wildman–Crippen MR) is 80.5 cm³/mol. The van der Waals surface area contributed by atoms with Gasteiger partial charge in [0.15, 0.2) is 5.13 Å². The maximum absolute atomic E-state index is 11.9. The summed E-state index contributed by atoms with van der Waals surface area (Å²) in [4.78, 5) is 22.0. The smallest absolute Gasteiger partial charge is 0.240 e. The van der Waals surface area contributed by atoms with Crippen LogP contribution in [0.15, 0.2) is 36.1 Å². The van der Waals surface area contributed by atoms with Gasteiger partial charge in [-0.25, -0.2) is 4.98 Å². The van der Waals surface area contributed by atoms with Crippen LogP contribution < -0.4 is 10.1 Å². The molecular weight excluding hydrogens is 288 g/mol. The lowest BCUT2D eigenvalue weighted by Crippen LogP contribution is -2.33. The van der Waals surface area contributed by atoms with Gasteiger partial charge in [0.05, 0.1) is 6.54 Å². The summed E-state index contributed by atoms with van der Waals surface area (Å²) >= 11 is 1.42. The number of anilines is 1. The molecule has 7 heteroatoms. The summed E-state index contributed by atoms with van der Waals surface area (Å²) in [6.45, 7) is 1.99. The van der Waals surface area contributed by atoms with Gasteiger partial charge in [-0.15, -0.1) is 11.3 Å². The fraction of sp³-hybridized carbons (Fsp3) is 0.357. The normalized spacial score (nSPS) is 18.6. The van der Waals surface area contributed by atoms with Gasteiger partial charge < -0.3 is 10.1 Å². The molecule has 0 bridgehead atoms. The first-order valence-corrected chi connectivity index (χ1v) is 7.66. The molecule has 1 fully saturated rings. The van der Waals surface area contributed by atoms with Crippen LogP contribution in [0.25, 0.3) is 0 Å². The third-order valence-corrected chi connectivity index (χ3v) is 3.92. The zero-order chi connectivity index (χ0) is 14.5. The molecule has 0 saturated carbocycles. The number of pyridine rings is 1. The molecule has 1 aliphatic rings. The summed E-state index contributed by atoms with van der Waals surface area (Å²) in [5, 5.41) is 5.27. The lowest BCUT2D eigenvalue weighted by atomic mass is 10.3. The van der Waals surface area contributed by atoms with Crippen LogP contribution in [0.4, 0.5) is 5.13 Å². The summed E-state index contributed by atoms with van der Waals surface area (Å²) in [6.07, 6.45) is 6.15. The highest BCUT2D eigenvalue weighted by atomic mass is 32.1. The number of ether oxygens (including phenoxy) is 1. The molecular formula is C14H16N4O2S. The van der Waals surface area contributed by atoms with E-state index in [1.807, 2.05) is 17.5 Å². The van der Waals surface area contributed by atoms with Crippen molar-refractivity contribution in [3.63, 3.8) is 0 Å². The Morgan fingerprint density at radius 3 is 3.05 bits per heavy atom. The monoisotopic (exact) mass is 304 g/mol. The van der Waals surface area contributed by atoms with E-state index in [-0.39, 0.29) is 12.0 Å². The minimum atomic E-state index is -0.0329. The first-order valence-electron chi connectivity index (χ1n) is 6.78. The summed E-state index contributed by atoms with van der Waals surface area (Å²) < 4.78 is 5.87. The zero-order valence-corrected chi connectivity index (χ0v) is 12.3. The van der Waals surface area contributed by atoms with Crippen LogP contribution in [-0.4, -0.2) is 46.5 Å². The highest BCUT2D eigenvalue weighted by molar-refractivity contribution is 7.13. The lowest BCUT2D eigenvalue weighted by molar-refractivity contribution is -0.117. The van der Waals surface area contributed by atoms with Crippen LogP contribution in [0.1, 0.15) is 6.42 Å². The highest BCUT2D eigenvalue weighted by Crippen LogP contribution is 2.17. The van der Waals surface area contributed by atoms with E-state index in [2.05, 4.69) is 20.2 Å². The van der Waals surface area contributed by atoms with Crippen molar-refractivity contribution in [1.29, 1.82) is 0 Å². The van der Waals surface area contributed by atoms with Crippen molar-refractivity contribution < 1.29 is 9.53 Å². The van der Waals surface area contributed by atoms with Crippen LogP contribution in [0.2, 0.25) is 0 Å². The molecule has 21 heavy (non-hydrogen) atoms. The number of nitrogens with zero attached hydrogens (tertiary/aromatic N) is 3. The molecule has 0 aliphatic carbocycles. The average Bonchev–Trinajstić information content (AvgIpc) is 3.12. The van der Waals surface area contributed by atoms with Crippen molar-refractivity contribution in [2.24, 2.45) is 0 Å². The van der Waals surface area contributed by atoms with E-state index in [1.54, 1.807) is 18.6 Å². The molecule has 1 N–H and O–H groups in total. The molecule has 1 aliphatic heterocycles. The van der Waals surface area contributed by atoms with Crippen LogP contribution in [0.3, 0.4) is 0 Å². The molecule has 2 aromatic rings. The number of hydrogen-bond donors (Lipinski definition) is 1. The molecule has 0 spiro atoms. The van der Waals surface area contributed by atoms with E-state index in [4.69, 9.17) is 4.74 Å². The number of carbonyl (C=O) groups is 1. The van der Waals surface area contributed by atoms with Gasteiger partial charge in [0, 0.05) is 37.1 Å². The Balaban J connectivity index is 1.45. The minimum absolute atomic E-state index is 0.0329. The number of thiazole rings is 1. The summed E-state index contributed by atoms with van der Waals surface area (Å²) in [7, 11) is 0. The van der Waals surface area contributed by atoms with E-state index in [9.17, 15) is 4.79 Å². The summed E-state index contributed by atoms with van der Waals surface area (Å²) in [6, 6.07) is 3.69. The molecule has 1 saturated heterocycles. The lowest BCUT2D eigenvalue weighted by Gasteiger charge is -2.16. The Hall–Kier alpha value is -1.99. The Morgan fingerprint density at radius 2 is 2.29 bits per heavy atom. The van der Waals surface area contributed by atoms with Gasteiger partial charge in [-0.3, -0.25) is 14.7 Å². The van der Waals surface area contributed by atoms with E-state index in [0.29, 0.717) is 11.7 Å². The number of likely N-dealkylation sites (tertiary alicyclic amines) is 1. The number of amides is 1. The Bertz CT molecular complexity index is 576. The fourth-order valence-corrected chi connectivity index (χ4v) is 2.84. The molecule has 0 unspecified atom stereocenters. The van der Waals surface area contributed by atoms with Crippen molar-refractivity contribution in [2.75, 3.05) is 25.0 Å². The Morgan fingerprint density at radius 1 is 1.43 bits per heavy atom. The van der Waals surface area contributed by atoms with Gasteiger partial charge in [-0.1, -0.05) is 0 Å². The second kappa shape index (κ2) is 6.64. The van der Waals surface area contributed by atoms with E-state index in [0.717, 1.165) is 25.3 Å². The van der Waals surface area contributed by atoms with Gasteiger partial charge in [0.1, 0.15) is 11.9 Å². The maximum atomic E-state index is 11.9. The van der Waals surface area contributed by atoms with Crippen molar-refractivity contribution in [3.05, 3.63) is 36.1 Å². The predicted octanol–water partition coefficient (Wildman–Crippen LogP) is 1.63. The second-order valence-electron chi connectivity index (χ2n) is 4.83. The first kappa shape index (κ1) is 14.0. The van der Waals surface area contributed by atoms with Gasteiger partial charge in [-0.05, 0) is 18.6 Å². The average molecular weight is 304 g/mol. The largest absolute Gasteiger partial charge is 0.489 e. The zero-order valence-electron chi connectivity index (χ0n) is 11.4. The molecule has 0 aromatic carbocycles. The van der Waals surface area contributed by atoms with Crippen LogP contribution in [-0.2, 0) is 4.79 Å². The topological polar surface area (TPSA) is 67.4 Å². The SMILES string of the molecule is O=C(CN1CC[C@H](Oc2ccncc2)C1)Nc1nccs1. The van der Waals surface area contributed by atoms with Crippen LogP contribution in [0.5, 0.6) is 5.75 Å². The summed E-state index contributed by atoms with van der Waals surface area (Å²) in [5.74, 6) is 0.790. The molecule has 3 rings (SSSR count). The van der Waals surface area contributed by atoms with E-state index in [1.165, 1.54) is 11.3 Å². The second-order valence-corrected chi connectivity index (χ2v) is 5.73. The molecule has 3 heterocycles. The van der Waals surface area contributed by atoms with Gasteiger partial charge in [0.2, 0.25) is 5.91 Å². The number of carbonyl (C=O) groups excluding carboxylic acids is 1. The highest BCUT2D eigenvalue weighted by Gasteiger charge is 2.25. The van der Waals surface area contributed by atoms with Gasteiger partial charge in [0.25, 0.3) is 0 Å². The molecule has 0 radical (unpaired) electrons. The van der Waals surface area contributed by atoms with Gasteiger partial charge in [-0.2, -0.15) is 0 Å². The Labute approximate surface area is 126 Å². The standard InChI is InChI=1S/C14H16N4O2S/c19-13(17-14-16-6-8-21-14)10-18-7-3-12(9-18)20-11-1-4-15-5-2-11/h1-2,4-6,8,12H,3,7,9-10H2,(H,16,17,19)/t12-/m0/s1. The Kier molecular flexibility index (Phi) is 4.42.